The van der Waals surface area contributed by atoms with Gasteiger partial charge in [-0.05, 0) is 37.3 Å². The number of benzene rings is 1. The third kappa shape index (κ3) is 4.98. The van der Waals surface area contributed by atoms with E-state index >= 15 is 0 Å². The molecule has 31 heavy (non-hydrogen) atoms. The van der Waals surface area contributed by atoms with Crippen molar-refractivity contribution in [1.29, 1.82) is 0 Å². The number of fused-ring (bicyclic) bond motifs is 1. The Balaban J connectivity index is 0.000000334. The number of ether oxygens (including phenoxy) is 1. The highest BCUT2D eigenvalue weighted by molar-refractivity contribution is 6.30. The van der Waals surface area contributed by atoms with E-state index in [-0.39, 0.29) is 0 Å². The van der Waals surface area contributed by atoms with Crippen molar-refractivity contribution in [3.8, 4) is 11.1 Å². The Bertz CT molecular complexity index is 1180. The average molecular weight is 441 g/mol. The molecule has 0 atom stereocenters. The Morgan fingerprint density at radius 2 is 1.90 bits per heavy atom. The first kappa shape index (κ1) is 21.1. The molecule has 0 saturated carbocycles. The van der Waals surface area contributed by atoms with Crippen molar-refractivity contribution in [2.45, 2.75) is 6.92 Å². The molecule has 4 heterocycles. The molecule has 1 fully saturated rings. The molecule has 1 aromatic carbocycles. The van der Waals surface area contributed by atoms with E-state index in [2.05, 4.69) is 25.0 Å². The molecular formula is C22H22ClFN6O. The van der Waals surface area contributed by atoms with Crippen LogP contribution in [0.15, 0.2) is 48.9 Å². The van der Waals surface area contributed by atoms with Crippen molar-refractivity contribution in [3.05, 3.63) is 65.5 Å². The number of hydrogen-bond donors (Lipinski definition) is 0. The number of pyridine rings is 1. The monoisotopic (exact) mass is 440 g/mol. The van der Waals surface area contributed by atoms with Gasteiger partial charge in [-0.25, -0.2) is 19.3 Å². The highest BCUT2D eigenvalue weighted by Crippen LogP contribution is 2.32. The number of morpholine rings is 1. The Kier molecular flexibility index (Phi) is 6.39. The number of anilines is 1. The van der Waals surface area contributed by atoms with Gasteiger partial charge < -0.3 is 9.64 Å². The van der Waals surface area contributed by atoms with E-state index in [0.29, 0.717) is 40.5 Å². The average Bonchev–Trinajstić information content (AvgIpc) is 3.25. The molecule has 0 amide bonds. The lowest BCUT2D eigenvalue weighted by molar-refractivity contribution is 0.122. The normalized spacial score (nSPS) is 13.7. The molecule has 160 valence electrons. The maximum atomic E-state index is 14.6. The van der Waals surface area contributed by atoms with Gasteiger partial charge in [-0.15, -0.1) is 0 Å². The maximum absolute atomic E-state index is 14.6. The predicted octanol–water partition coefficient (Wildman–Crippen LogP) is 4.05. The lowest BCUT2D eigenvalue weighted by Crippen LogP contribution is -2.36. The van der Waals surface area contributed by atoms with Gasteiger partial charge in [0.15, 0.2) is 5.65 Å². The van der Waals surface area contributed by atoms with Crippen molar-refractivity contribution >= 4 is 28.6 Å². The molecule has 9 heteroatoms. The topological polar surface area (TPSA) is 69.0 Å². The van der Waals surface area contributed by atoms with Gasteiger partial charge in [0.05, 0.1) is 25.1 Å². The standard InChI is InChI=1S/C18H16ClFN4O.C4H6N2/c1-11-10-21-18-17(22-11)14(13-3-2-12(19)8-15(13)20)9-16(23-18)24-4-6-25-7-5-24;1-6-4-2-3-5-6/h2-3,8-10H,4-7H2,1H3;2-4H,1H3. The molecule has 7 nitrogen and oxygen atoms in total. The summed E-state index contributed by atoms with van der Waals surface area (Å²) in [4.78, 5) is 15.7. The van der Waals surface area contributed by atoms with Crippen LogP contribution in [0.5, 0.6) is 0 Å². The molecule has 5 rings (SSSR count). The summed E-state index contributed by atoms with van der Waals surface area (Å²) in [5.41, 5.74) is 2.93. The van der Waals surface area contributed by atoms with Crippen LogP contribution in [0.4, 0.5) is 10.2 Å². The third-order valence-corrected chi connectivity index (χ3v) is 5.05. The Labute approximate surface area is 184 Å². The highest BCUT2D eigenvalue weighted by Gasteiger charge is 2.19. The van der Waals surface area contributed by atoms with Gasteiger partial charge in [0.1, 0.15) is 17.2 Å². The van der Waals surface area contributed by atoms with Crippen molar-refractivity contribution in [2.75, 3.05) is 31.2 Å². The van der Waals surface area contributed by atoms with E-state index < -0.39 is 5.82 Å². The van der Waals surface area contributed by atoms with Gasteiger partial charge in [0.2, 0.25) is 0 Å². The highest BCUT2D eigenvalue weighted by atomic mass is 35.5. The van der Waals surface area contributed by atoms with Crippen LogP contribution in [-0.4, -0.2) is 51.0 Å². The van der Waals surface area contributed by atoms with Crippen molar-refractivity contribution in [3.63, 3.8) is 0 Å². The number of hydrogen-bond acceptors (Lipinski definition) is 6. The predicted molar refractivity (Wildman–Crippen MR) is 119 cm³/mol. The number of aromatic nitrogens is 5. The number of rotatable bonds is 2. The quantitative estimate of drug-likeness (QED) is 0.468. The largest absolute Gasteiger partial charge is 0.378 e. The van der Waals surface area contributed by atoms with Crippen LogP contribution in [-0.2, 0) is 11.8 Å². The summed E-state index contributed by atoms with van der Waals surface area (Å²) >= 11 is 5.90. The lowest BCUT2D eigenvalue weighted by Gasteiger charge is -2.28. The van der Waals surface area contributed by atoms with Crippen LogP contribution in [0, 0.1) is 12.7 Å². The molecule has 0 N–H and O–H groups in total. The van der Waals surface area contributed by atoms with Crippen molar-refractivity contribution < 1.29 is 9.13 Å². The summed E-state index contributed by atoms with van der Waals surface area (Å²) in [6.45, 7) is 4.61. The summed E-state index contributed by atoms with van der Waals surface area (Å²) in [6.07, 6.45) is 5.31. The molecular weight excluding hydrogens is 419 g/mol. The van der Waals surface area contributed by atoms with E-state index in [1.165, 1.54) is 6.07 Å². The maximum Gasteiger partial charge on any atom is 0.180 e. The first-order valence-electron chi connectivity index (χ1n) is 9.87. The molecule has 4 aromatic rings. The second-order valence-electron chi connectivity index (χ2n) is 7.11. The summed E-state index contributed by atoms with van der Waals surface area (Å²) in [5, 5.41) is 4.19. The molecule has 0 aliphatic carbocycles. The molecule has 0 spiro atoms. The fourth-order valence-corrected chi connectivity index (χ4v) is 3.44. The Morgan fingerprint density at radius 3 is 2.55 bits per heavy atom. The molecule has 1 aliphatic heterocycles. The van der Waals surface area contributed by atoms with Gasteiger partial charge in [-0.1, -0.05) is 11.6 Å². The first-order valence-corrected chi connectivity index (χ1v) is 10.2. The van der Waals surface area contributed by atoms with Gasteiger partial charge >= 0.3 is 0 Å². The van der Waals surface area contributed by atoms with Crippen LogP contribution in [0.25, 0.3) is 22.3 Å². The van der Waals surface area contributed by atoms with Crippen LogP contribution in [0.1, 0.15) is 5.69 Å². The van der Waals surface area contributed by atoms with E-state index in [4.69, 9.17) is 16.3 Å². The summed E-state index contributed by atoms with van der Waals surface area (Å²) in [7, 11) is 1.89. The van der Waals surface area contributed by atoms with Gasteiger partial charge in [-0.3, -0.25) is 4.68 Å². The van der Waals surface area contributed by atoms with E-state index in [0.717, 1.165) is 24.6 Å². The minimum Gasteiger partial charge on any atom is -0.378 e. The molecule has 1 aliphatic rings. The smallest absolute Gasteiger partial charge is 0.180 e. The fourth-order valence-electron chi connectivity index (χ4n) is 3.28. The summed E-state index contributed by atoms with van der Waals surface area (Å²) in [6, 6.07) is 8.40. The van der Waals surface area contributed by atoms with Gasteiger partial charge in [0.25, 0.3) is 0 Å². The zero-order chi connectivity index (χ0) is 21.8. The van der Waals surface area contributed by atoms with Crippen molar-refractivity contribution in [1.82, 2.24) is 24.7 Å². The zero-order valence-corrected chi connectivity index (χ0v) is 18.1. The summed E-state index contributed by atoms with van der Waals surface area (Å²) < 4.78 is 21.7. The SMILES string of the molecule is Cc1cnc2nc(N3CCOCC3)cc(-c3ccc(Cl)cc3F)c2n1.Cn1cccn1. The zero-order valence-electron chi connectivity index (χ0n) is 17.3. The minimum absolute atomic E-state index is 0.357. The van der Waals surface area contributed by atoms with Gasteiger partial charge in [0, 0.05) is 48.7 Å². The van der Waals surface area contributed by atoms with Crippen molar-refractivity contribution in [2.24, 2.45) is 7.05 Å². The summed E-state index contributed by atoms with van der Waals surface area (Å²) in [5.74, 6) is 0.356. The third-order valence-electron chi connectivity index (χ3n) is 4.82. The van der Waals surface area contributed by atoms with Gasteiger partial charge in [-0.2, -0.15) is 5.10 Å². The van der Waals surface area contributed by atoms with E-state index in [9.17, 15) is 4.39 Å². The van der Waals surface area contributed by atoms with Crippen LogP contribution < -0.4 is 4.90 Å². The van der Waals surface area contributed by atoms with E-state index in [1.54, 1.807) is 29.2 Å². The second kappa shape index (κ2) is 9.36. The molecule has 0 unspecified atom stereocenters. The number of nitrogens with zero attached hydrogens (tertiary/aromatic N) is 6. The molecule has 1 saturated heterocycles. The first-order chi connectivity index (χ1) is 15.0. The van der Waals surface area contributed by atoms with Crippen LogP contribution in [0.3, 0.4) is 0 Å². The van der Waals surface area contributed by atoms with E-state index in [1.807, 2.05) is 32.3 Å². The Morgan fingerprint density at radius 1 is 1.10 bits per heavy atom. The number of halogens is 2. The Hall–Kier alpha value is -3.10. The number of aryl methyl sites for hydroxylation is 2. The minimum atomic E-state index is -0.392. The lowest BCUT2D eigenvalue weighted by atomic mass is 10.0. The second-order valence-corrected chi connectivity index (χ2v) is 7.55. The molecule has 3 aromatic heterocycles. The van der Waals surface area contributed by atoms with Crippen LogP contribution in [0.2, 0.25) is 5.02 Å². The van der Waals surface area contributed by atoms with Crippen LogP contribution >= 0.6 is 11.6 Å². The fraction of sp³-hybridized carbons (Fsp3) is 0.273. The molecule has 0 radical (unpaired) electrons. The molecule has 0 bridgehead atoms.